The van der Waals surface area contributed by atoms with E-state index in [0.29, 0.717) is 12.0 Å². The van der Waals surface area contributed by atoms with Gasteiger partial charge < -0.3 is 5.32 Å². The second-order valence-electron chi connectivity index (χ2n) is 4.73. The highest BCUT2D eigenvalue weighted by Crippen LogP contribution is 2.22. The summed E-state index contributed by atoms with van der Waals surface area (Å²) in [5.74, 6) is -0.798. The smallest absolute Gasteiger partial charge is 0.128 e. The van der Waals surface area contributed by atoms with Crippen molar-refractivity contribution in [3.8, 4) is 0 Å². The Morgan fingerprint density at radius 1 is 1.15 bits per heavy atom. The van der Waals surface area contributed by atoms with E-state index in [1.807, 2.05) is 19.1 Å². The van der Waals surface area contributed by atoms with Crippen LogP contribution in [0.5, 0.6) is 0 Å². The molecule has 0 amide bonds. The molecule has 0 saturated heterocycles. The lowest BCUT2D eigenvalue weighted by Crippen LogP contribution is -2.25. The average molecular weight is 276 g/mol. The SMILES string of the molecule is CCCNC(Cc1ccncc1)c1cc(F)ccc1F. The molecule has 0 bridgehead atoms. The van der Waals surface area contributed by atoms with E-state index in [1.165, 1.54) is 12.1 Å². The van der Waals surface area contributed by atoms with Gasteiger partial charge in [-0.05, 0) is 55.3 Å². The summed E-state index contributed by atoms with van der Waals surface area (Å²) in [6, 6.07) is 7.12. The third-order valence-electron chi connectivity index (χ3n) is 3.16. The molecule has 0 radical (unpaired) electrons. The molecule has 0 spiro atoms. The first-order valence-electron chi connectivity index (χ1n) is 6.78. The fraction of sp³-hybridized carbons (Fsp3) is 0.312. The van der Waals surface area contributed by atoms with Crippen LogP contribution in [0.25, 0.3) is 0 Å². The third-order valence-corrected chi connectivity index (χ3v) is 3.16. The van der Waals surface area contributed by atoms with Crippen molar-refractivity contribution in [2.75, 3.05) is 6.54 Å². The van der Waals surface area contributed by atoms with Gasteiger partial charge in [0.1, 0.15) is 11.6 Å². The van der Waals surface area contributed by atoms with E-state index in [0.717, 1.165) is 24.6 Å². The van der Waals surface area contributed by atoms with Gasteiger partial charge in [0.2, 0.25) is 0 Å². The van der Waals surface area contributed by atoms with Crippen LogP contribution in [0, 0.1) is 11.6 Å². The zero-order valence-corrected chi connectivity index (χ0v) is 11.4. The molecule has 20 heavy (non-hydrogen) atoms. The quantitative estimate of drug-likeness (QED) is 0.871. The Kier molecular flexibility index (Phi) is 5.18. The number of hydrogen-bond donors (Lipinski definition) is 1. The minimum Gasteiger partial charge on any atom is -0.310 e. The number of pyridine rings is 1. The first kappa shape index (κ1) is 14.6. The van der Waals surface area contributed by atoms with Crippen molar-refractivity contribution >= 4 is 0 Å². The third kappa shape index (κ3) is 3.84. The molecule has 1 unspecified atom stereocenters. The van der Waals surface area contributed by atoms with Crippen molar-refractivity contribution in [3.63, 3.8) is 0 Å². The van der Waals surface area contributed by atoms with Crippen molar-refractivity contribution < 1.29 is 8.78 Å². The summed E-state index contributed by atoms with van der Waals surface area (Å²) < 4.78 is 27.3. The first-order chi connectivity index (χ1) is 9.70. The van der Waals surface area contributed by atoms with Gasteiger partial charge in [0.15, 0.2) is 0 Å². The highest BCUT2D eigenvalue weighted by atomic mass is 19.1. The summed E-state index contributed by atoms with van der Waals surface area (Å²) in [4.78, 5) is 3.96. The largest absolute Gasteiger partial charge is 0.310 e. The first-order valence-corrected chi connectivity index (χ1v) is 6.78. The molecule has 1 aromatic heterocycles. The molecule has 2 rings (SSSR count). The zero-order chi connectivity index (χ0) is 14.4. The second kappa shape index (κ2) is 7.10. The van der Waals surface area contributed by atoms with Crippen molar-refractivity contribution in [2.24, 2.45) is 0 Å². The monoisotopic (exact) mass is 276 g/mol. The molecule has 0 aliphatic rings. The number of nitrogens with zero attached hydrogens (tertiary/aromatic N) is 1. The van der Waals surface area contributed by atoms with Crippen LogP contribution in [-0.4, -0.2) is 11.5 Å². The van der Waals surface area contributed by atoms with Crippen LogP contribution < -0.4 is 5.32 Å². The van der Waals surface area contributed by atoms with Crippen molar-refractivity contribution in [3.05, 3.63) is 65.5 Å². The van der Waals surface area contributed by atoms with Crippen LogP contribution >= 0.6 is 0 Å². The molecule has 2 aromatic rings. The van der Waals surface area contributed by atoms with E-state index >= 15 is 0 Å². The van der Waals surface area contributed by atoms with Gasteiger partial charge in [-0.3, -0.25) is 4.98 Å². The summed E-state index contributed by atoms with van der Waals surface area (Å²) in [6.07, 6.45) is 4.94. The average Bonchev–Trinajstić information content (AvgIpc) is 2.47. The lowest BCUT2D eigenvalue weighted by Gasteiger charge is -2.20. The van der Waals surface area contributed by atoms with E-state index in [9.17, 15) is 8.78 Å². The predicted molar refractivity (Wildman–Crippen MR) is 75.3 cm³/mol. The Labute approximate surface area is 117 Å². The van der Waals surface area contributed by atoms with E-state index in [4.69, 9.17) is 0 Å². The van der Waals surface area contributed by atoms with Crippen molar-refractivity contribution in [2.45, 2.75) is 25.8 Å². The molecule has 106 valence electrons. The molecule has 1 atom stereocenters. The molecule has 0 aliphatic heterocycles. The Hall–Kier alpha value is -1.81. The molecule has 1 N–H and O–H groups in total. The van der Waals surface area contributed by atoms with Gasteiger partial charge in [0.05, 0.1) is 0 Å². The van der Waals surface area contributed by atoms with Crippen LogP contribution in [0.1, 0.15) is 30.5 Å². The number of benzene rings is 1. The van der Waals surface area contributed by atoms with E-state index in [2.05, 4.69) is 10.3 Å². The van der Waals surface area contributed by atoms with Gasteiger partial charge in [-0.15, -0.1) is 0 Å². The van der Waals surface area contributed by atoms with Crippen LogP contribution in [0.2, 0.25) is 0 Å². The minimum atomic E-state index is -0.417. The molecule has 0 fully saturated rings. The number of aromatic nitrogens is 1. The molecule has 1 aromatic carbocycles. The van der Waals surface area contributed by atoms with Gasteiger partial charge >= 0.3 is 0 Å². The highest BCUT2D eigenvalue weighted by Gasteiger charge is 2.16. The van der Waals surface area contributed by atoms with Gasteiger partial charge in [0, 0.05) is 24.0 Å². The zero-order valence-electron chi connectivity index (χ0n) is 11.4. The Morgan fingerprint density at radius 2 is 1.90 bits per heavy atom. The van der Waals surface area contributed by atoms with Gasteiger partial charge in [0.25, 0.3) is 0 Å². The number of rotatable bonds is 6. The lowest BCUT2D eigenvalue weighted by atomic mass is 9.98. The minimum absolute atomic E-state index is 0.243. The molecular weight excluding hydrogens is 258 g/mol. The van der Waals surface area contributed by atoms with E-state index < -0.39 is 5.82 Å². The maximum absolute atomic E-state index is 13.9. The van der Waals surface area contributed by atoms with Crippen LogP contribution in [-0.2, 0) is 6.42 Å². The normalized spacial score (nSPS) is 12.3. The number of halogens is 2. The second-order valence-corrected chi connectivity index (χ2v) is 4.73. The highest BCUT2D eigenvalue weighted by molar-refractivity contribution is 5.25. The van der Waals surface area contributed by atoms with Gasteiger partial charge in [-0.25, -0.2) is 8.78 Å². The summed E-state index contributed by atoms with van der Waals surface area (Å²) in [7, 11) is 0. The molecule has 4 heteroatoms. The fourth-order valence-electron chi connectivity index (χ4n) is 2.15. The van der Waals surface area contributed by atoms with Crippen molar-refractivity contribution in [1.29, 1.82) is 0 Å². The fourth-order valence-corrected chi connectivity index (χ4v) is 2.15. The van der Waals surface area contributed by atoms with Gasteiger partial charge in [-0.2, -0.15) is 0 Å². The summed E-state index contributed by atoms with van der Waals surface area (Å²) in [5, 5.41) is 3.28. The molecule has 1 heterocycles. The topological polar surface area (TPSA) is 24.9 Å². The number of nitrogens with one attached hydrogen (secondary N) is 1. The Morgan fingerprint density at radius 3 is 2.60 bits per heavy atom. The van der Waals surface area contributed by atoms with Gasteiger partial charge in [-0.1, -0.05) is 6.92 Å². The van der Waals surface area contributed by atoms with E-state index in [1.54, 1.807) is 12.4 Å². The summed E-state index contributed by atoms with van der Waals surface area (Å²) >= 11 is 0. The standard InChI is InChI=1S/C16H18F2N2/c1-2-7-20-16(10-12-5-8-19-9-6-12)14-11-13(17)3-4-15(14)18/h3-6,8-9,11,16,20H,2,7,10H2,1H3. The number of hydrogen-bond acceptors (Lipinski definition) is 2. The Bertz CT molecular complexity index is 543. The molecule has 2 nitrogen and oxygen atoms in total. The Balaban J connectivity index is 2.24. The van der Waals surface area contributed by atoms with E-state index in [-0.39, 0.29) is 11.9 Å². The van der Waals surface area contributed by atoms with Crippen LogP contribution in [0.4, 0.5) is 8.78 Å². The summed E-state index contributed by atoms with van der Waals surface area (Å²) in [6.45, 7) is 2.80. The molecule has 0 aliphatic carbocycles. The summed E-state index contributed by atoms with van der Waals surface area (Å²) in [5.41, 5.74) is 1.41. The maximum Gasteiger partial charge on any atom is 0.128 e. The lowest BCUT2D eigenvalue weighted by molar-refractivity contribution is 0.490. The maximum atomic E-state index is 13.9. The molecular formula is C16H18F2N2. The van der Waals surface area contributed by atoms with Crippen molar-refractivity contribution in [1.82, 2.24) is 10.3 Å². The van der Waals surface area contributed by atoms with Crippen LogP contribution in [0.15, 0.2) is 42.7 Å². The molecule has 0 saturated carbocycles. The predicted octanol–water partition coefficient (Wildman–Crippen LogP) is 3.64. The van der Waals surface area contributed by atoms with Crippen LogP contribution in [0.3, 0.4) is 0 Å².